The number of nitrogen functional groups attached to an aromatic ring is 1. The second kappa shape index (κ2) is 8.65. The maximum atomic E-state index is 12.4. The molecule has 0 fully saturated rings. The van der Waals surface area contributed by atoms with Gasteiger partial charge in [0.15, 0.2) is 0 Å². The number of nitrogens with one attached hydrogen (secondary N) is 2. The number of carbonyl (C=O) groups excluding carboxylic acids is 2. The zero-order valence-electron chi connectivity index (χ0n) is 17.4. The zero-order chi connectivity index (χ0) is 22.7. The Morgan fingerprint density at radius 3 is 1.81 bits per heavy atom. The molecule has 0 saturated carbocycles. The fourth-order valence-electron chi connectivity index (χ4n) is 3.36. The van der Waals surface area contributed by atoms with Crippen molar-refractivity contribution < 1.29 is 9.59 Å². The Hall–Kier alpha value is -4.59. The summed E-state index contributed by atoms with van der Waals surface area (Å²) in [6, 6.07) is 24.1. The molecule has 32 heavy (non-hydrogen) atoms. The summed E-state index contributed by atoms with van der Waals surface area (Å²) in [7, 11) is 1.64. The fraction of sp³-hybridized carbons (Fsp3) is 0.0417. The Morgan fingerprint density at radius 2 is 1.28 bits per heavy atom. The molecule has 0 radical (unpaired) electrons. The lowest BCUT2D eigenvalue weighted by Gasteiger charge is -2.09. The highest BCUT2D eigenvalue weighted by Crippen LogP contribution is 2.27. The zero-order valence-corrected chi connectivity index (χ0v) is 17.4. The minimum absolute atomic E-state index is 0.171. The van der Waals surface area contributed by atoms with Crippen molar-refractivity contribution in [2.75, 3.05) is 16.4 Å². The van der Waals surface area contributed by atoms with Crippen LogP contribution < -0.4 is 22.1 Å². The van der Waals surface area contributed by atoms with Crippen molar-refractivity contribution >= 4 is 29.1 Å². The van der Waals surface area contributed by atoms with E-state index in [1.807, 2.05) is 54.6 Å². The third-order valence-corrected chi connectivity index (χ3v) is 5.00. The molecule has 0 unspecified atom stereocenters. The van der Waals surface area contributed by atoms with Gasteiger partial charge in [0.2, 0.25) is 0 Å². The fourth-order valence-corrected chi connectivity index (χ4v) is 3.36. The quantitative estimate of drug-likeness (QED) is 0.383. The average Bonchev–Trinajstić information content (AvgIpc) is 3.10. The van der Waals surface area contributed by atoms with Crippen LogP contribution in [0.4, 0.5) is 22.0 Å². The molecule has 1 aromatic heterocycles. The summed E-state index contributed by atoms with van der Waals surface area (Å²) in [6.45, 7) is 0. The van der Waals surface area contributed by atoms with Crippen LogP contribution in [0.2, 0.25) is 0 Å². The Morgan fingerprint density at radius 1 is 0.781 bits per heavy atom. The summed E-state index contributed by atoms with van der Waals surface area (Å²) in [6.07, 6.45) is 0. The number of anilines is 3. The van der Waals surface area contributed by atoms with Gasteiger partial charge in [0.05, 0.1) is 0 Å². The van der Waals surface area contributed by atoms with Gasteiger partial charge in [-0.25, -0.2) is 4.79 Å². The van der Waals surface area contributed by atoms with Crippen LogP contribution in [0.3, 0.4) is 0 Å². The molecule has 1 heterocycles. The van der Waals surface area contributed by atoms with E-state index in [9.17, 15) is 9.59 Å². The Labute approximate surface area is 184 Å². The van der Waals surface area contributed by atoms with E-state index in [0.717, 1.165) is 11.1 Å². The molecule has 4 rings (SSSR count). The van der Waals surface area contributed by atoms with Gasteiger partial charge in [-0.15, -0.1) is 0 Å². The standard InChI is InChI=1S/C24H22N6O2/c1-30-22(25)20(23(26)31)21(29-30)17-9-13-19(14-10-17)28-24(32)27-18-11-7-16(8-12-18)15-5-3-2-4-6-15/h2-14H,25H2,1H3,(H2,26,31)(H2,27,28,32). The van der Waals surface area contributed by atoms with E-state index >= 15 is 0 Å². The lowest BCUT2D eigenvalue weighted by molar-refractivity contribution is 0.100. The summed E-state index contributed by atoms with van der Waals surface area (Å²) >= 11 is 0. The smallest absolute Gasteiger partial charge is 0.323 e. The van der Waals surface area contributed by atoms with E-state index in [0.29, 0.717) is 22.6 Å². The highest BCUT2D eigenvalue weighted by molar-refractivity contribution is 6.03. The molecule has 4 aromatic rings. The Bertz CT molecular complexity index is 1260. The molecule has 0 atom stereocenters. The van der Waals surface area contributed by atoms with Gasteiger partial charge in [0, 0.05) is 24.0 Å². The minimum Gasteiger partial charge on any atom is -0.383 e. The number of urea groups is 1. The average molecular weight is 426 g/mol. The van der Waals surface area contributed by atoms with E-state index in [4.69, 9.17) is 11.5 Å². The highest BCUT2D eigenvalue weighted by atomic mass is 16.2. The largest absolute Gasteiger partial charge is 0.383 e. The highest BCUT2D eigenvalue weighted by Gasteiger charge is 2.20. The summed E-state index contributed by atoms with van der Waals surface area (Å²) in [5.74, 6) is -0.446. The van der Waals surface area contributed by atoms with Crippen molar-refractivity contribution in [1.82, 2.24) is 9.78 Å². The van der Waals surface area contributed by atoms with Crippen molar-refractivity contribution in [2.24, 2.45) is 12.8 Å². The van der Waals surface area contributed by atoms with E-state index in [1.54, 1.807) is 31.3 Å². The lowest BCUT2D eigenvalue weighted by atomic mass is 10.1. The summed E-state index contributed by atoms with van der Waals surface area (Å²) in [4.78, 5) is 24.1. The maximum absolute atomic E-state index is 12.4. The third-order valence-electron chi connectivity index (χ3n) is 5.00. The molecule has 160 valence electrons. The maximum Gasteiger partial charge on any atom is 0.323 e. The van der Waals surface area contributed by atoms with Crippen molar-refractivity contribution in [1.29, 1.82) is 0 Å². The van der Waals surface area contributed by atoms with Crippen LogP contribution in [0.25, 0.3) is 22.4 Å². The van der Waals surface area contributed by atoms with Gasteiger partial charge in [0.25, 0.3) is 5.91 Å². The van der Waals surface area contributed by atoms with Crippen LogP contribution in [0.15, 0.2) is 78.9 Å². The number of rotatable bonds is 5. The van der Waals surface area contributed by atoms with Crippen LogP contribution in [0.5, 0.6) is 0 Å². The second-order valence-corrected chi connectivity index (χ2v) is 7.20. The van der Waals surface area contributed by atoms with Gasteiger partial charge in [0.1, 0.15) is 17.1 Å². The molecule has 3 amide bonds. The van der Waals surface area contributed by atoms with E-state index in [2.05, 4.69) is 15.7 Å². The molecule has 0 aliphatic rings. The van der Waals surface area contributed by atoms with Crippen LogP contribution in [0.1, 0.15) is 10.4 Å². The Kier molecular flexibility index (Phi) is 5.59. The first-order valence-corrected chi connectivity index (χ1v) is 9.88. The number of nitrogens with two attached hydrogens (primary N) is 2. The molecule has 0 spiro atoms. The number of aryl methyl sites for hydroxylation is 1. The number of nitrogens with zero attached hydrogens (tertiary/aromatic N) is 2. The van der Waals surface area contributed by atoms with E-state index in [-0.39, 0.29) is 17.4 Å². The summed E-state index contributed by atoms with van der Waals surface area (Å²) in [5, 5.41) is 9.85. The number of primary amides is 1. The van der Waals surface area contributed by atoms with E-state index < -0.39 is 5.91 Å². The monoisotopic (exact) mass is 426 g/mol. The predicted molar refractivity (Wildman–Crippen MR) is 126 cm³/mol. The molecule has 3 aromatic carbocycles. The number of aromatic nitrogens is 2. The van der Waals surface area contributed by atoms with Crippen molar-refractivity contribution in [3.05, 3.63) is 84.4 Å². The minimum atomic E-state index is -0.648. The number of hydrogen-bond acceptors (Lipinski definition) is 4. The lowest BCUT2D eigenvalue weighted by Crippen LogP contribution is -2.19. The number of amides is 3. The molecule has 0 aliphatic carbocycles. The molecule has 8 nitrogen and oxygen atoms in total. The number of hydrogen-bond donors (Lipinski definition) is 4. The molecule has 6 N–H and O–H groups in total. The molecular formula is C24H22N6O2. The van der Waals surface area contributed by atoms with Gasteiger partial charge in [-0.05, 0) is 35.4 Å². The van der Waals surface area contributed by atoms with Gasteiger partial charge in [-0.1, -0.05) is 54.6 Å². The van der Waals surface area contributed by atoms with Gasteiger partial charge in [-0.2, -0.15) is 5.10 Å². The Balaban J connectivity index is 1.42. The van der Waals surface area contributed by atoms with Crippen LogP contribution >= 0.6 is 0 Å². The third kappa shape index (κ3) is 4.29. The molecule has 0 aliphatic heterocycles. The first-order chi connectivity index (χ1) is 15.4. The first kappa shape index (κ1) is 20.7. The first-order valence-electron chi connectivity index (χ1n) is 9.88. The molecular weight excluding hydrogens is 404 g/mol. The van der Waals surface area contributed by atoms with E-state index in [1.165, 1.54) is 4.68 Å². The van der Waals surface area contributed by atoms with Gasteiger partial charge in [-0.3, -0.25) is 9.48 Å². The van der Waals surface area contributed by atoms with Crippen LogP contribution in [-0.4, -0.2) is 21.7 Å². The molecule has 8 heteroatoms. The van der Waals surface area contributed by atoms with Crippen molar-refractivity contribution in [3.63, 3.8) is 0 Å². The van der Waals surface area contributed by atoms with Crippen molar-refractivity contribution in [2.45, 2.75) is 0 Å². The molecule has 0 saturated heterocycles. The van der Waals surface area contributed by atoms with Crippen LogP contribution in [-0.2, 0) is 7.05 Å². The van der Waals surface area contributed by atoms with Crippen LogP contribution in [0, 0.1) is 0 Å². The van der Waals surface area contributed by atoms with Gasteiger partial charge >= 0.3 is 6.03 Å². The normalized spacial score (nSPS) is 10.5. The number of benzene rings is 3. The topological polar surface area (TPSA) is 128 Å². The number of carbonyl (C=O) groups is 2. The molecule has 0 bridgehead atoms. The SMILES string of the molecule is Cn1nc(-c2ccc(NC(=O)Nc3ccc(-c4ccccc4)cc3)cc2)c(C(N)=O)c1N. The summed E-state index contributed by atoms with van der Waals surface area (Å²) < 4.78 is 1.40. The summed E-state index contributed by atoms with van der Waals surface area (Å²) in [5.41, 5.74) is 16.0. The second-order valence-electron chi connectivity index (χ2n) is 7.20. The van der Waals surface area contributed by atoms with Crippen molar-refractivity contribution in [3.8, 4) is 22.4 Å². The predicted octanol–water partition coefficient (Wildman–Crippen LogP) is 4.08. The van der Waals surface area contributed by atoms with Gasteiger partial charge < -0.3 is 22.1 Å².